The molecule has 0 radical (unpaired) electrons. The highest BCUT2D eigenvalue weighted by Crippen LogP contribution is 2.02. The fraction of sp³-hybridized carbons (Fsp3) is 0.500. The molecule has 0 saturated carbocycles. The summed E-state index contributed by atoms with van der Waals surface area (Å²) in [5, 5.41) is 0. The lowest BCUT2D eigenvalue weighted by molar-refractivity contribution is -0.173. The highest BCUT2D eigenvalue weighted by molar-refractivity contribution is 6.29. The minimum atomic E-state index is -0.967. The molecule has 0 aromatic heterocycles. The maximum absolute atomic E-state index is 11.2. The van der Waals surface area contributed by atoms with Gasteiger partial charge in [0, 0.05) is 12.8 Å². The molecule has 16 heavy (non-hydrogen) atoms. The first-order chi connectivity index (χ1) is 7.51. The monoisotopic (exact) mass is 226 g/mol. The SMILES string of the molecule is C=CCC(C)OC(=O)C(=O)OC(C)CC=C. The largest absolute Gasteiger partial charge is 0.454 e. The Morgan fingerprint density at radius 3 is 1.56 bits per heavy atom. The zero-order chi connectivity index (χ0) is 12.6. The van der Waals surface area contributed by atoms with Crippen LogP contribution in [0.3, 0.4) is 0 Å². The summed E-state index contributed by atoms with van der Waals surface area (Å²) in [7, 11) is 0. The van der Waals surface area contributed by atoms with Gasteiger partial charge in [0.1, 0.15) is 12.2 Å². The van der Waals surface area contributed by atoms with Gasteiger partial charge in [0.2, 0.25) is 0 Å². The normalized spacial score (nSPS) is 13.4. The van der Waals surface area contributed by atoms with Crippen molar-refractivity contribution in [2.75, 3.05) is 0 Å². The number of rotatable bonds is 6. The second kappa shape index (κ2) is 7.68. The van der Waals surface area contributed by atoms with E-state index in [1.54, 1.807) is 26.0 Å². The van der Waals surface area contributed by atoms with Crippen LogP contribution in [0.1, 0.15) is 26.7 Å². The Labute approximate surface area is 95.9 Å². The molecule has 2 unspecified atom stereocenters. The van der Waals surface area contributed by atoms with E-state index in [1.165, 1.54) is 0 Å². The number of carbonyl (C=O) groups is 2. The molecule has 0 N–H and O–H groups in total. The quantitative estimate of drug-likeness (QED) is 0.395. The van der Waals surface area contributed by atoms with Gasteiger partial charge < -0.3 is 9.47 Å². The maximum atomic E-state index is 11.2. The van der Waals surface area contributed by atoms with Crippen LogP contribution in [0.5, 0.6) is 0 Å². The average Bonchev–Trinajstić information content (AvgIpc) is 2.17. The van der Waals surface area contributed by atoms with E-state index in [-0.39, 0.29) is 12.2 Å². The van der Waals surface area contributed by atoms with Gasteiger partial charge >= 0.3 is 11.9 Å². The molecule has 0 aromatic rings. The van der Waals surface area contributed by atoms with E-state index in [0.29, 0.717) is 12.8 Å². The standard InChI is InChI=1S/C12H18O4/c1-5-7-9(3)15-11(13)12(14)16-10(4)8-6-2/h5-6,9-10H,1-2,7-8H2,3-4H3. The van der Waals surface area contributed by atoms with Gasteiger partial charge in [0.25, 0.3) is 0 Å². The van der Waals surface area contributed by atoms with Crippen LogP contribution in [0.2, 0.25) is 0 Å². The number of esters is 2. The van der Waals surface area contributed by atoms with Crippen LogP contribution >= 0.6 is 0 Å². The van der Waals surface area contributed by atoms with E-state index in [2.05, 4.69) is 13.2 Å². The summed E-state index contributed by atoms with van der Waals surface area (Å²) in [6.07, 6.45) is 3.50. The molecule has 0 aromatic carbocycles. The molecule has 4 nitrogen and oxygen atoms in total. The fourth-order valence-corrected chi connectivity index (χ4v) is 1.03. The Morgan fingerprint density at radius 1 is 1.00 bits per heavy atom. The molecule has 4 heteroatoms. The molecule has 0 spiro atoms. The minimum absolute atomic E-state index is 0.368. The zero-order valence-corrected chi connectivity index (χ0v) is 9.77. The molecule has 0 aliphatic heterocycles. The van der Waals surface area contributed by atoms with Gasteiger partial charge in [-0.2, -0.15) is 0 Å². The van der Waals surface area contributed by atoms with E-state index in [9.17, 15) is 9.59 Å². The first-order valence-corrected chi connectivity index (χ1v) is 5.14. The summed E-state index contributed by atoms with van der Waals surface area (Å²) < 4.78 is 9.64. The second-order valence-electron chi connectivity index (χ2n) is 3.48. The van der Waals surface area contributed by atoms with E-state index in [4.69, 9.17) is 9.47 Å². The fourth-order valence-electron chi connectivity index (χ4n) is 1.03. The second-order valence-corrected chi connectivity index (χ2v) is 3.48. The van der Waals surface area contributed by atoms with Crippen molar-refractivity contribution in [3.63, 3.8) is 0 Å². The predicted octanol–water partition coefficient (Wildman–Crippen LogP) is 2.00. The molecule has 90 valence electrons. The van der Waals surface area contributed by atoms with Gasteiger partial charge in [-0.25, -0.2) is 9.59 Å². The lowest BCUT2D eigenvalue weighted by Gasteiger charge is -2.13. The van der Waals surface area contributed by atoms with Crippen molar-refractivity contribution in [3.8, 4) is 0 Å². The number of hydrogen-bond donors (Lipinski definition) is 0. The third-order valence-corrected chi connectivity index (χ3v) is 1.78. The lowest BCUT2D eigenvalue weighted by atomic mass is 10.3. The van der Waals surface area contributed by atoms with Crippen LogP contribution in [0, 0.1) is 0 Å². The molecule has 0 amide bonds. The van der Waals surface area contributed by atoms with Crippen molar-refractivity contribution < 1.29 is 19.1 Å². The highest BCUT2D eigenvalue weighted by atomic mass is 16.6. The number of hydrogen-bond acceptors (Lipinski definition) is 4. The molecule has 0 aliphatic carbocycles. The average molecular weight is 226 g/mol. The van der Waals surface area contributed by atoms with Gasteiger partial charge in [-0.3, -0.25) is 0 Å². The number of carbonyl (C=O) groups excluding carboxylic acids is 2. The molecular formula is C12H18O4. The minimum Gasteiger partial charge on any atom is -0.454 e. The Bertz CT molecular complexity index is 242. The highest BCUT2D eigenvalue weighted by Gasteiger charge is 2.21. The van der Waals surface area contributed by atoms with Crippen molar-refractivity contribution in [1.29, 1.82) is 0 Å². The van der Waals surface area contributed by atoms with Crippen LogP contribution < -0.4 is 0 Å². The van der Waals surface area contributed by atoms with E-state index in [0.717, 1.165) is 0 Å². The Balaban J connectivity index is 4.03. The van der Waals surface area contributed by atoms with Crippen molar-refractivity contribution in [3.05, 3.63) is 25.3 Å². The van der Waals surface area contributed by atoms with E-state index >= 15 is 0 Å². The Morgan fingerprint density at radius 2 is 1.31 bits per heavy atom. The maximum Gasteiger partial charge on any atom is 0.417 e. The third kappa shape index (κ3) is 6.01. The van der Waals surface area contributed by atoms with Gasteiger partial charge in [-0.05, 0) is 13.8 Å². The van der Waals surface area contributed by atoms with Crippen LogP contribution in [-0.2, 0) is 19.1 Å². The molecule has 0 fully saturated rings. The van der Waals surface area contributed by atoms with Crippen molar-refractivity contribution in [2.24, 2.45) is 0 Å². The molecular weight excluding hydrogens is 208 g/mol. The number of ether oxygens (including phenoxy) is 2. The Kier molecular flexibility index (Phi) is 6.92. The van der Waals surface area contributed by atoms with Crippen LogP contribution in [0.15, 0.2) is 25.3 Å². The van der Waals surface area contributed by atoms with E-state index < -0.39 is 11.9 Å². The first-order valence-electron chi connectivity index (χ1n) is 5.14. The van der Waals surface area contributed by atoms with Crippen LogP contribution in [-0.4, -0.2) is 24.1 Å². The Hall–Kier alpha value is -1.58. The lowest BCUT2D eigenvalue weighted by Crippen LogP contribution is -2.27. The summed E-state index contributed by atoms with van der Waals surface area (Å²) in [5.41, 5.74) is 0. The van der Waals surface area contributed by atoms with Gasteiger partial charge in [-0.1, -0.05) is 12.2 Å². The van der Waals surface area contributed by atoms with Crippen molar-refractivity contribution >= 4 is 11.9 Å². The summed E-state index contributed by atoms with van der Waals surface area (Å²) in [6.45, 7) is 10.4. The summed E-state index contributed by atoms with van der Waals surface area (Å²) >= 11 is 0. The summed E-state index contributed by atoms with van der Waals surface area (Å²) in [6, 6.07) is 0. The van der Waals surface area contributed by atoms with Crippen LogP contribution in [0.25, 0.3) is 0 Å². The van der Waals surface area contributed by atoms with Crippen molar-refractivity contribution in [2.45, 2.75) is 38.9 Å². The predicted molar refractivity (Wildman–Crippen MR) is 60.7 cm³/mol. The van der Waals surface area contributed by atoms with Gasteiger partial charge in [0.15, 0.2) is 0 Å². The molecule has 0 saturated heterocycles. The van der Waals surface area contributed by atoms with Gasteiger partial charge in [0.05, 0.1) is 0 Å². The molecule has 2 atom stereocenters. The third-order valence-electron chi connectivity index (χ3n) is 1.78. The molecule has 0 aliphatic rings. The first kappa shape index (κ1) is 14.4. The van der Waals surface area contributed by atoms with Crippen molar-refractivity contribution in [1.82, 2.24) is 0 Å². The van der Waals surface area contributed by atoms with Gasteiger partial charge in [-0.15, -0.1) is 13.2 Å². The van der Waals surface area contributed by atoms with E-state index in [1.807, 2.05) is 0 Å². The molecule has 0 bridgehead atoms. The molecule has 0 heterocycles. The summed E-state index contributed by atoms with van der Waals surface area (Å²) in [5.74, 6) is -1.93. The zero-order valence-electron chi connectivity index (χ0n) is 9.77. The summed E-state index contributed by atoms with van der Waals surface area (Å²) in [4.78, 5) is 22.4. The van der Waals surface area contributed by atoms with Crippen LogP contribution in [0.4, 0.5) is 0 Å². The topological polar surface area (TPSA) is 52.6 Å². The molecule has 0 rings (SSSR count). The smallest absolute Gasteiger partial charge is 0.417 e.